The molecule has 0 bridgehead atoms. The molecule has 3 heteroatoms. The van der Waals surface area contributed by atoms with Crippen LogP contribution in [0.5, 0.6) is 0 Å². The first-order valence-corrected chi connectivity index (χ1v) is 7.69. The Morgan fingerprint density at radius 3 is 2.90 bits per heavy atom. The number of nitrogens with one attached hydrogen (secondary N) is 1. The maximum absolute atomic E-state index is 4.40. The minimum atomic E-state index is 0.934. The summed E-state index contributed by atoms with van der Waals surface area (Å²) < 4.78 is 0. The molecule has 1 aromatic carbocycles. The van der Waals surface area contributed by atoms with E-state index in [0.717, 1.165) is 18.6 Å². The lowest BCUT2D eigenvalue weighted by molar-refractivity contribution is 0.331. The molecule has 1 fully saturated rings. The molecule has 0 atom stereocenters. The van der Waals surface area contributed by atoms with Gasteiger partial charge < -0.3 is 10.2 Å². The second-order valence-electron chi connectivity index (χ2n) is 5.57. The monoisotopic (exact) mass is 269 g/mol. The molecule has 0 radical (unpaired) electrons. The van der Waals surface area contributed by atoms with Gasteiger partial charge in [-0.25, -0.2) is 0 Å². The van der Waals surface area contributed by atoms with Crippen molar-refractivity contribution in [3.63, 3.8) is 0 Å². The summed E-state index contributed by atoms with van der Waals surface area (Å²) in [7, 11) is 0. The summed E-state index contributed by atoms with van der Waals surface area (Å²) in [5.41, 5.74) is 2.43. The van der Waals surface area contributed by atoms with Gasteiger partial charge >= 0.3 is 0 Å². The molecular formula is C17H23N3. The minimum absolute atomic E-state index is 0.934. The SMILES string of the molecule is c1cc(CNCCCN2CCCC2)c2cccnc2c1. The molecule has 0 unspecified atom stereocenters. The van der Waals surface area contributed by atoms with Crippen molar-refractivity contribution in [2.45, 2.75) is 25.8 Å². The molecule has 1 aliphatic rings. The van der Waals surface area contributed by atoms with Crippen molar-refractivity contribution in [3.05, 3.63) is 42.1 Å². The molecule has 2 aromatic rings. The highest BCUT2D eigenvalue weighted by Crippen LogP contribution is 2.16. The Bertz CT molecular complexity index is 541. The van der Waals surface area contributed by atoms with Crippen LogP contribution in [0.25, 0.3) is 10.9 Å². The molecule has 0 saturated carbocycles. The quantitative estimate of drug-likeness (QED) is 0.817. The van der Waals surface area contributed by atoms with E-state index in [-0.39, 0.29) is 0 Å². The lowest BCUT2D eigenvalue weighted by Crippen LogP contribution is -2.24. The number of likely N-dealkylation sites (tertiary alicyclic amines) is 1. The topological polar surface area (TPSA) is 28.2 Å². The third-order valence-corrected chi connectivity index (χ3v) is 4.08. The number of aromatic nitrogens is 1. The molecule has 3 rings (SSSR count). The van der Waals surface area contributed by atoms with Crippen LogP contribution in [0.2, 0.25) is 0 Å². The van der Waals surface area contributed by atoms with Crippen molar-refractivity contribution in [2.24, 2.45) is 0 Å². The summed E-state index contributed by atoms with van der Waals surface area (Å²) in [5, 5.41) is 4.83. The van der Waals surface area contributed by atoms with Crippen LogP contribution in [0.1, 0.15) is 24.8 Å². The van der Waals surface area contributed by atoms with E-state index in [1.165, 1.54) is 49.8 Å². The molecule has 1 aliphatic heterocycles. The fraction of sp³-hybridized carbons (Fsp3) is 0.471. The molecule has 0 spiro atoms. The molecule has 1 aromatic heterocycles. The molecule has 0 amide bonds. The van der Waals surface area contributed by atoms with Crippen LogP contribution >= 0.6 is 0 Å². The average molecular weight is 269 g/mol. The Balaban J connectivity index is 1.47. The van der Waals surface area contributed by atoms with Crippen LogP contribution in [0.4, 0.5) is 0 Å². The van der Waals surface area contributed by atoms with Crippen LogP contribution in [-0.2, 0) is 6.54 Å². The number of nitrogens with zero attached hydrogens (tertiary/aromatic N) is 2. The summed E-state index contributed by atoms with van der Waals surface area (Å²) in [6.07, 6.45) is 5.87. The van der Waals surface area contributed by atoms with Crippen molar-refractivity contribution in [1.82, 2.24) is 15.2 Å². The van der Waals surface area contributed by atoms with Gasteiger partial charge in [-0.05, 0) is 63.1 Å². The van der Waals surface area contributed by atoms with E-state index in [1.807, 2.05) is 12.3 Å². The van der Waals surface area contributed by atoms with E-state index in [2.05, 4.69) is 39.5 Å². The van der Waals surface area contributed by atoms with E-state index in [4.69, 9.17) is 0 Å². The van der Waals surface area contributed by atoms with E-state index in [0.29, 0.717) is 0 Å². The zero-order valence-electron chi connectivity index (χ0n) is 12.0. The second kappa shape index (κ2) is 6.82. The van der Waals surface area contributed by atoms with Gasteiger partial charge in [0.05, 0.1) is 5.52 Å². The first kappa shape index (κ1) is 13.5. The van der Waals surface area contributed by atoms with Gasteiger partial charge in [0.2, 0.25) is 0 Å². The molecule has 2 heterocycles. The average Bonchev–Trinajstić information content (AvgIpc) is 3.00. The fourth-order valence-electron chi connectivity index (χ4n) is 2.98. The molecule has 1 saturated heterocycles. The fourth-order valence-corrected chi connectivity index (χ4v) is 2.98. The predicted molar refractivity (Wildman–Crippen MR) is 83.7 cm³/mol. The summed E-state index contributed by atoms with van der Waals surface area (Å²) in [6.45, 7) is 5.87. The Morgan fingerprint density at radius 2 is 2.00 bits per heavy atom. The Hall–Kier alpha value is -1.45. The zero-order valence-corrected chi connectivity index (χ0v) is 12.0. The molecular weight excluding hydrogens is 246 g/mol. The smallest absolute Gasteiger partial charge is 0.0705 e. The summed E-state index contributed by atoms with van der Waals surface area (Å²) in [4.78, 5) is 6.98. The van der Waals surface area contributed by atoms with E-state index >= 15 is 0 Å². The summed E-state index contributed by atoms with van der Waals surface area (Å²) >= 11 is 0. The maximum atomic E-state index is 4.40. The highest BCUT2D eigenvalue weighted by atomic mass is 15.1. The number of pyridine rings is 1. The van der Waals surface area contributed by atoms with Gasteiger partial charge in [0.15, 0.2) is 0 Å². The first-order chi connectivity index (χ1) is 9.93. The van der Waals surface area contributed by atoms with E-state index in [9.17, 15) is 0 Å². The Labute approximate surface area is 121 Å². The minimum Gasteiger partial charge on any atom is -0.313 e. The van der Waals surface area contributed by atoms with E-state index in [1.54, 1.807) is 0 Å². The number of benzene rings is 1. The van der Waals surface area contributed by atoms with Gasteiger partial charge in [-0.1, -0.05) is 18.2 Å². The van der Waals surface area contributed by atoms with E-state index < -0.39 is 0 Å². The van der Waals surface area contributed by atoms with Gasteiger partial charge in [0, 0.05) is 18.1 Å². The van der Waals surface area contributed by atoms with Crippen LogP contribution in [0.15, 0.2) is 36.5 Å². The normalized spacial score (nSPS) is 16.0. The lowest BCUT2D eigenvalue weighted by Gasteiger charge is -2.14. The number of hydrogen-bond acceptors (Lipinski definition) is 3. The van der Waals surface area contributed by atoms with Gasteiger partial charge in [-0.15, -0.1) is 0 Å². The highest BCUT2D eigenvalue weighted by molar-refractivity contribution is 5.81. The highest BCUT2D eigenvalue weighted by Gasteiger charge is 2.09. The first-order valence-electron chi connectivity index (χ1n) is 7.69. The van der Waals surface area contributed by atoms with Gasteiger partial charge in [0.25, 0.3) is 0 Å². The van der Waals surface area contributed by atoms with Crippen LogP contribution in [0, 0.1) is 0 Å². The lowest BCUT2D eigenvalue weighted by atomic mass is 10.1. The van der Waals surface area contributed by atoms with Gasteiger partial charge in [-0.3, -0.25) is 4.98 Å². The van der Waals surface area contributed by atoms with Crippen LogP contribution < -0.4 is 5.32 Å². The third kappa shape index (κ3) is 3.35. The van der Waals surface area contributed by atoms with Crippen LogP contribution in [0.3, 0.4) is 0 Å². The predicted octanol–water partition coefficient (Wildman–Crippen LogP) is 2.81. The van der Waals surface area contributed by atoms with Gasteiger partial charge in [-0.2, -0.15) is 0 Å². The van der Waals surface area contributed by atoms with Gasteiger partial charge in [0.1, 0.15) is 0 Å². The summed E-state index contributed by atoms with van der Waals surface area (Å²) in [5.74, 6) is 0. The second-order valence-corrected chi connectivity index (χ2v) is 5.57. The molecule has 1 N–H and O–H groups in total. The maximum Gasteiger partial charge on any atom is 0.0705 e. The zero-order chi connectivity index (χ0) is 13.6. The number of hydrogen-bond donors (Lipinski definition) is 1. The molecule has 106 valence electrons. The third-order valence-electron chi connectivity index (χ3n) is 4.08. The Kier molecular flexibility index (Phi) is 4.61. The van der Waals surface area contributed by atoms with Crippen molar-refractivity contribution in [3.8, 4) is 0 Å². The molecule has 0 aliphatic carbocycles. The number of fused-ring (bicyclic) bond motifs is 1. The van der Waals surface area contributed by atoms with Crippen molar-refractivity contribution >= 4 is 10.9 Å². The standard InChI is InChI=1S/C17H23N3/c1-2-12-20(11-1)13-5-9-18-14-15-6-3-8-17-16(15)7-4-10-19-17/h3-4,6-8,10,18H,1-2,5,9,11-14H2. The summed E-state index contributed by atoms with van der Waals surface area (Å²) in [6, 6.07) is 10.5. The van der Waals surface area contributed by atoms with Crippen molar-refractivity contribution in [2.75, 3.05) is 26.2 Å². The van der Waals surface area contributed by atoms with Crippen molar-refractivity contribution in [1.29, 1.82) is 0 Å². The van der Waals surface area contributed by atoms with Crippen molar-refractivity contribution < 1.29 is 0 Å². The van der Waals surface area contributed by atoms with Crippen LogP contribution in [-0.4, -0.2) is 36.1 Å². The molecule has 3 nitrogen and oxygen atoms in total. The molecule has 20 heavy (non-hydrogen) atoms. The Morgan fingerprint density at radius 1 is 1.10 bits per heavy atom. The number of rotatable bonds is 6. The largest absolute Gasteiger partial charge is 0.313 e.